The third-order valence-corrected chi connectivity index (χ3v) is 4.26. The Morgan fingerprint density at radius 3 is 2.72 bits per heavy atom. The van der Waals surface area contributed by atoms with E-state index in [-0.39, 0.29) is 0 Å². The number of rotatable bonds is 4. The SMILES string of the molecule is Clc1c(Br)ccc(NCCc2cccnc2)c1Cl. The van der Waals surface area contributed by atoms with Crippen LogP contribution in [-0.2, 0) is 6.42 Å². The Balaban J connectivity index is 1.97. The Morgan fingerprint density at radius 2 is 2.00 bits per heavy atom. The Bertz CT molecular complexity index is 532. The van der Waals surface area contributed by atoms with Crippen molar-refractivity contribution in [3.05, 3.63) is 56.7 Å². The van der Waals surface area contributed by atoms with Gasteiger partial charge in [0.25, 0.3) is 0 Å². The number of nitrogens with one attached hydrogen (secondary N) is 1. The molecule has 2 rings (SSSR count). The van der Waals surface area contributed by atoms with E-state index in [1.807, 2.05) is 30.5 Å². The maximum Gasteiger partial charge on any atom is 0.0835 e. The average molecular weight is 346 g/mol. The lowest BCUT2D eigenvalue weighted by molar-refractivity contribution is 1.01. The molecule has 0 bridgehead atoms. The smallest absolute Gasteiger partial charge is 0.0835 e. The van der Waals surface area contributed by atoms with E-state index in [1.54, 1.807) is 6.20 Å². The molecule has 0 saturated heterocycles. The first-order chi connectivity index (χ1) is 8.68. The van der Waals surface area contributed by atoms with E-state index in [0.29, 0.717) is 10.0 Å². The molecule has 1 heterocycles. The van der Waals surface area contributed by atoms with Crippen molar-refractivity contribution in [3.8, 4) is 0 Å². The topological polar surface area (TPSA) is 24.9 Å². The molecule has 94 valence electrons. The summed E-state index contributed by atoms with van der Waals surface area (Å²) in [6.45, 7) is 0.781. The summed E-state index contributed by atoms with van der Waals surface area (Å²) >= 11 is 15.5. The fraction of sp³-hybridized carbons (Fsp3) is 0.154. The van der Waals surface area contributed by atoms with Gasteiger partial charge in [-0.15, -0.1) is 0 Å². The molecule has 0 radical (unpaired) electrons. The highest BCUT2D eigenvalue weighted by molar-refractivity contribution is 9.10. The molecular weight excluding hydrogens is 335 g/mol. The van der Waals surface area contributed by atoms with E-state index in [1.165, 1.54) is 5.56 Å². The lowest BCUT2D eigenvalue weighted by Crippen LogP contribution is -2.05. The second-order valence-electron chi connectivity index (χ2n) is 3.76. The zero-order valence-corrected chi connectivity index (χ0v) is 12.6. The van der Waals surface area contributed by atoms with Crippen LogP contribution in [0.1, 0.15) is 5.56 Å². The molecule has 0 fully saturated rings. The summed E-state index contributed by atoms with van der Waals surface area (Å²) in [6, 6.07) is 7.76. The number of anilines is 1. The van der Waals surface area contributed by atoms with Crippen molar-refractivity contribution in [2.75, 3.05) is 11.9 Å². The van der Waals surface area contributed by atoms with Crippen molar-refractivity contribution in [2.45, 2.75) is 6.42 Å². The van der Waals surface area contributed by atoms with E-state index in [9.17, 15) is 0 Å². The molecule has 1 N–H and O–H groups in total. The first-order valence-corrected chi connectivity index (χ1v) is 6.99. The van der Waals surface area contributed by atoms with Crippen LogP contribution >= 0.6 is 39.1 Å². The van der Waals surface area contributed by atoms with Crippen LogP contribution in [0.15, 0.2) is 41.1 Å². The van der Waals surface area contributed by atoms with Gasteiger partial charge in [-0.1, -0.05) is 29.3 Å². The second kappa shape index (κ2) is 6.41. The summed E-state index contributed by atoms with van der Waals surface area (Å²) in [4.78, 5) is 4.07. The number of nitrogens with zero attached hydrogens (tertiary/aromatic N) is 1. The van der Waals surface area contributed by atoms with Gasteiger partial charge in [-0.25, -0.2) is 0 Å². The largest absolute Gasteiger partial charge is 0.383 e. The Kier molecular flexibility index (Phi) is 4.87. The van der Waals surface area contributed by atoms with Crippen LogP contribution in [0.5, 0.6) is 0 Å². The van der Waals surface area contributed by atoms with Crippen molar-refractivity contribution in [1.29, 1.82) is 0 Å². The minimum Gasteiger partial charge on any atom is -0.383 e. The van der Waals surface area contributed by atoms with Gasteiger partial charge in [0.2, 0.25) is 0 Å². The summed E-state index contributed by atoms with van der Waals surface area (Å²) in [7, 11) is 0. The van der Waals surface area contributed by atoms with E-state index >= 15 is 0 Å². The maximum absolute atomic E-state index is 6.14. The van der Waals surface area contributed by atoms with Gasteiger partial charge in [-0.05, 0) is 46.1 Å². The van der Waals surface area contributed by atoms with Crippen molar-refractivity contribution >= 4 is 44.8 Å². The van der Waals surface area contributed by atoms with Gasteiger partial charge >= 0.3 is 0 Å². The van der Waals surface area contributed by atoms with Crippen molar-refractivity contribution in [1.82, 2.24) is 4.98 Å². The molecule has 0 saturated carbocycles. The van der Waals surface area contributed by atoms with Gasteiger partial charge in [-0.3, -0.25) is 4.98 Å². The Labute approximate surface area is 124 Å². The molecule has 5 heteroatoms. The molecular formula is C13H11BrCl2N2. The third kappa shape index (κ3) is 3.37. The summed E-state index contributed by atoms with van der Waals surface area (Å²) in [5.74, 6) is 0. The molecule has 0 spiro atoms. The van der Waals surface area contributed by atoms with Crippen molar-refractivity contribution in [3.63, 3.8) is 0 Å². The van der Waals surface area contributed by atoms with Gasteiger partial charge in [-0.2, -0.15) is 0 Å². The van der Waals surface area contributed by atoms with Gasteiger partial charge < -0.3 is 5.32 Å². The molecule has 1 aromatic heterocycles. The van der Waals surface area contributed by atoms with E-state index in [2.05, 4.69) is 26.2 Å². The molecule has 0 unspecified atom stereocenters. The third-order valence-electron chi connectivity index (χ3n) is 2.49. The van der Waals surface area contributed by atoms with Crippen LogP contribution in [0.4, 0.5) is 5.69 Å². The number of benzene rings is 1. The maximum atomic E-state index is 6.14. The predicted octanol–water partition coefficient (Wildman–Crippen LogP) is 4.81. The number of pyridine rings is 1. The first-order valence-electron chi connectivity index (χ1n) is 5.45. The highest BCUT2D eigenvalue weighted by atomic mass is 79.9. The standard InChI is InChI=1S/C13H11BrCl2N2/c14-10-3-4-11(13(16)12(10)15)18-7-5-9-2-1-6-17-8-9/h1-4,6,8,18H,5,7H2. The molecule has 0 aliphatic heterocycles. The highest BCUT2D eigenvalue weighted by Crippen LogP contribution is 2.35. The molecule has 2 aromatic rings. The molecule has 0 aliphatic carbocycles. The number of aromatic nitrogens is 1. The summed E-state index contributed by atoms with van der Waals surface area (Å²) in [6.07, 6.45) is 4.51. The Hall–Kier alpha value is -0.770. The summed E-state index contributed by atoms with van der Waals surface area (Å²) < 4.78 is 0.798. The van der Waals surface area contributed by atoms with E-state index < -0.39 is 0 Å². The number of halogens is 3. The zero-order valence-electron chi connectivity index (χ0n) is 9.46. The normalized spacial score (nSPS) is 10.4. The Morgan fingerprint density at radius 1 is 1.17 bits per heavy atom. The summed E-state index contributed by atoms with van der Waals surface area (Å²) in [5.41, 5.74) is 2.03. The van der Waals surface area contributed by atoms with Crippen LogP contribution in [0, 0.1) is 0 Å². The lowest BCUT2D eigenvalue weighted by atomic mass is 10.2. The van der Waals surface area contributed by atoms with Crippen LogP contribution < -0.4 is 5.32 Å². The quantitative estimate of drug-likeness (QED) is 0.804. The van der Waals surface area contributed by atoms with Gasteiger partial charge in [0.15, 0.2) is 0 Å². The average Bonchev–Trinajstić information content (AvgIpc) is 2.40. The zero-order chi connectivity index (χ0) is 13.0. The second-order valence-corrected chi connectivity index (χ2v) is 5.37. The minimum absolute atomic E-state index is 0.531. The van der Waals surface area contributed by atoms with Crippen LogP contribution in [0.2, 0.25) is 10.0 Å². The van der Waals surface area contributed by atoms with Gasteiger partial charge in [0.1, 0.15) is 0 Å². The minimum atomic E-state index is 0.531. The molecule has 2 nitrogen and oxygen atoms in total. The van der Waals surface area contributed by atoms with Crippen molar-refractivity contribution in [2.24, 2.45) is 0 Å². The van der Waals surface area contributed by atoms with E-state index in [4.69, 9.17) is 23.2 Å². The van der Waals surface area contributed by atoms with Crippen molar-refractivity contribution < 1.29 is 0 Å². The molecule has 0 aliphatic rings. The van der Waals surface area contributed by atoms with E-state index in [0.717, 1.165) is 23.1 Å². The molecule has 1 aromatic carbocycles. The van der Waals surface area contributed by atoms with Gasteiger partial charge in [0.05, 0.1) is 15.7 Å². The monoisotopic (exact) mass is 344 g/mol. The van der Waals surface area contributed by atoms with Gasteiger partial charge in [0, 0.05) is 23.4 Å². The fourth-order valence-electron chi connectivity index (χ4n) is 1.55. The lowest BCUT2D eigenvalue weighted by Gasteiger charge is -2.10. The van der Waals surface area contributed by atoms with Crippen LogP contribution in [-0.4, -0.2) is 11.5 Å². The summed E-state index contributed by atoms with van der Waals surface area (Å²) in [5, 5.41) is 4.33. The molecule has 18 heavy (non-hydrogen) atoms. The number of hydrogen-bond acceptors (Lipinski definition) is 2. The number of hydrogen-bond donors (Lipinski definition) is 1. The highest BCUT2D eigenvalue weighted by Gasteiger charge is 2.07. The van der Waals surface area contributed by atoms with Crippen LogP contribution in [0.3, 0.4) is 0 Å². The fourth-order valence-corrected chi connectivity index (χ4v) is 2.39. The molecule has 0 amide bonds. The first kappa shape index (κ1) is 13.7. The predicted molar refractivity (Wildman–Crippen MR) is 80.6 cm³/mol. The molecule has 0 atom stereocenters. The van der Waals surface area contributed by atoms with Crippen LogP contribution in [0.25, 0.3) is 0 Å².